The van der Waals surface area contributed by atoms with E-state index in [4.69, 9.17) is 15.2 Å². The van der Waals surface area contributed by atoms with Crippen molar-refractivity contribution >= 4 is 5.91 Å². The first-order chi connectivity index (χ1) is 9.62. The molecule has 0 aliphatic rings. The third-order valence-corrected chi connectivity index (χ3v) is 3.03. The quantitative estimate of drug-likeness (QED) is 0.719. The molecule has 112 valence electrons. The number of primary amides is 1. The summed E-state index contributed by atoms with van der Waals surface area (Å²) in [5, 5.41) is 3.06. The van der Waals surface area contributed by atoms with Crippen LogP contribution in [0.25, 0.3) is 0 Å². The second kappa shape index (κ2) is 8.43. The van der Waals surface area contributed by atoms with Crippen LogP contribution in [-0.4, -0.2) is 32.2 Å². The zero-order valence-electron chi connectivity index (χ0n) is 12.4. The molecule has 1 atom stereocenters. The first kappa shape index (κ1) is 16.3. The molecule has 1 rings (SSSR count). The molecule has 1 unspecified atom stereocenters. The maximum Gasteiger partial charge on any atom is 0.238 e. The van der Waals surface area contributed by atoms with Crippen LogP contribution in [-0.2, 0) is 11.2 Å². The van der Waals surface area contributed by atoms with E-state index in [2.05, 4.69) is 12.2 Å². The number of benzene rings is 1. The van der Waals surface area contributed by atoms with Gasteiger partial charge >= 0.3 is 0 Å². The second-order valence-corrected chi connectivity index (χ2v) is 4.56. The summed E-state index contributed by atoms with van der Waals surface area (Å²) in [7, 11) is 1.60. The Kier molecular flexibility index (Phi) is 6.87. The Balaban J connectivity index is 2.69. The fraction of sp³-hybridized carbons (Fsp3) is 0.533. The lowest BCUT2D eigenvalue weighted by Crippen LogP contribution is -2.45. The van der Waals surface area contributed by atoms with E-state index in [1.807, 2.05) is 25.1 Å². The van der Waals surface area contributed by atoms with Crippen molar-refractivity contribution < 1.29 is 14.3 Å². The lowest BCUT2D eigenvalue weighted by molar-refractivity contribution is -0.120. The van der Waals surface area contributed by atoms with E-state index in [0.29, 0.717) is 11.5 Å². The third kappa shape index (κ3) is 4.74. The predicted molar refractivity (Wildman–Crippen MR) is 79.1 cm³/mol. The number of amides is 1. The van der Waals surface area contributed by atoms with Crippen molar-refractivity contribution in [2.75, 3.05) is 20.3 Å². The van der Waals surface area contributed by atoms with Gasteiger partial charge in [0.15, 0.2) is 11.5 Å². The van der Waals surface area contributed by atoms with Crippen LogP contribution < -0.4 is 20.5 Å². The maximum absolute atomic E-state index is 11.3. The van der Waals surface area contributed by atoms with Gasteiger partial charge < -0.3 is 20.5 Å². The molecule has 0 fully saturated rings. The Morgan fingerprint density at radius 2 is 2.10 bits per heavy atom. The highest BCUT2D eigenvalue weighted by Gasteiger charge is 2.16. The van der Waals surface area contributed by atoms with Gasteiger partial charge in [-0.25, -0.2) is 0 Å². The molecule has 0 aliphatic heterocycles. The average Bonchev–Trinajstić information content (AvgIpc) is 2.46. The zero-order valence-corrected chi connectivity index (χ0v) is 12.4. The minimum absolute atomic E-state index is 0.192. The van der Waals surface area contributed by atoms with Gasteiger partial charge in [0.1, 0.15) is 12.6 Å². The van der Waals surface area contributed by atoms with E-state index in [0.717, 1.165) is 19.4 Å². The number of carbonyl (C=O) groups excluding carboxylic acids is 1. The van der Waals surface area contributed by atoms with Gasteiger partial charge in [0.2, 0.25) is 5.91 Å². The van der Waals surface area contributed by atoms with E-state index < -0.39 is 11.9 Å². The summed E-state index contributed by atoms with van der Waals surface area (Å²) in [5.41, 5.74) is 6.52. The van der Waals surface area contributed by atoms with Crippen LogP contribution in [0, 0.1) is 0 Å². The summed E-state index contributed by atoms with van der Waals surface area (Å²) in [4.78, 5) is 11.3. The Labute approximate surface area is 120 Å². The van der Waals surface area contributed by atoms with Crippen molar-refractivity contribution in [1.82, 2.24) is 5.32 Å². The van der Waals surface area contributed by atoms with Crippen molar-refractivity contribution in [3.63, 3.8) is 0 Å². The molecule has 0 aliphatic carbocycles. The standard InChI is InChI=1S/C15H24N2O3/c1-4-8-17-12(15(16)18)10-20-13-7-6-11(5-2)9-14(13)19-3/h6-7,9,12,17H,4-5,8,10H2,1-3H3,(H2,16,18). The predicted octanol–water partition coefficient (Wildman–Crippen LogP) is 1.49. The average molecular weight is 280 g/mol. The first-order valence-corrected chi connectivity index (χ1v) is 6.94. The maximum atomic E-state index is 11.3. The molecule has 0 spiro atoms. The zero-order chi connectivity index (χ0) is 15.0. The number of hydrogen-bond acceptors (Lipinski definition) is 4. The molecule has 1 aromatic rings. The van der Waals surface area contributed by atoms with E-state index >= 15 is 0 Å². The van der Waals surface area contributed by atoms with Crippen molar-refractivity contribution in [1.29, 1.82) is 0 Å². The van der Waals surface area contributed by atoms with Gasteiger partial charge in [-0.15, -0.1) is 0 Å². The fourth-order valence-corrected chi connectivity index (χ4v) is 1.78. The fourth-order valence-electron chi connectivity index (χ4n) is 1.78. The molecule has 0 radical (unpaired) electrons. The van der Waals surface area contributed by atoms with Crippen molar-refractivity contribution in [2.24, 2.45) is 5.73 Å². The number of nitrogens with two attached hydrogens (primary N) is 1. The molecule has 1 amide bonds. The smallest absolute Gasteiger partial charge is 0.238 e. The van der Waals surface area contributed by atoms with Gasteiger partial charge in [0.25, 0.3) is 0 Å². The van der Waals surface area contributed by atoms with E-state index in [1.54, 1.807) is 7.11 Å². The van der Waals surface area contributed by atoms with Gasteiger partial charge in [-0.3, -0.25) is 4.79 Å². The molecule has 0 heterocycles. The number of nitrogens with one attached hydrogen (secondary N) is 1. The Morgan fingerprint density at radius 3 is 2.65 bits per heavy atom. The van der Waals surface area contributed by atoms with Crippen LogP contribution in [0.4, 0.5) is 0 Å². The number of hydrogen-bond donors (Lipinski definition) is 2. The Hall–Kier alpha value is -1.75. The molecule has 0 saturated carbocycles. The summed E-state index contributed by atoms with van der Waals surface area (Å²) in [5.74, 6) is 0.875. The van der Waals surface area contributed by atoms with Crippen molar-refractivity contribution in [3.8, 4) is 11.5 Å². The topological polar surface area (TPSA) is 73.6 Å². The monoisotopic (exact) mass is 280 g/mol. The van der Waals surface area contributed by atoms with Gasteiger partial charge in [-0.2, -0.15) is 0 Å². The summed E-state index contributed by atoms with van der Waals surface area (Å²) in [6, 6.07) is 5.28. The van der Waals surface area contributed by atoms with Crippen LogP contribution in [0.5, 0.6) is 11.5 Å². The van der Waals surface area contributed by atoms with Crippen LogP contribution in [0.3, 0.4) is 0 Å². The summed E-state index contributed by atoms with van der Waals surface area (Å²) in [6.45, 7) is 5.02. The van der Waals surface area contributed by atoms with Crippen LogP contribution in [0.1, 0.15) is 25.8 Å². The number of methoxy groups -OCH3 is 1. The second-order valence-electron chi connectivity index (χ2n) is 4.56. The molecule has 0 saturated heterocycles. The van der Waals surface area contributed by atoms with E-state index in [1.165, 1.54) is 5.56 Å². The highest BCUT2D eigenvalue weighted by Crippen LogP contribution is 2.28. The molecule has 5 nitrogen and oxygen atoms in total. The normalized spacial score (nSPS) is 11.9. The van der Waals surface area contributed by atoms with Gasteiger partial charge in [-0.05, 0) is 37.1 Å². The molecule has 20 heavy (non-hydrogen) atoms. The highest BCUT2D eigenvalue weighted by molar-refractivity contribution is 5.80. The van der Waals surface area contributed by atoms with Crippen molar-refractivity contribution in [2.45, 2.75) is 32.7 Å². The molecule has 1 aromatic carbocycles. The van der Waals surface area contributed by atoms with Gasteiger partial charge in [0.05, 0.1) is 7.11 Å². The van der Waals surface area contributed by atoms with Crippen LogP contribution >= 0.6 is 0 Å². The minimum Gasteiger partial charge on any atom is -0.493 e. The largest absolute Gasteiger partial charge is 0.493 e. The number of rotatable bonds is 9. The molecule has 0 bridgehead atoms. The van der Waals surface area contributed by atoms with E-state index in [9.17, 15) is 4.79 Å². The number of ether oxygens (including phenoxy) is 2. The molecule has 5 heteroatoms. The lowest BCUT2D eigenvalue weighted by Gasteiger charge is -2.17. The third-order valence-electron chi connectivity index (χ3n) is 3.03. The van der Waals surface area contributed by atoms with Crippen molar-refractivity contribution in [3.05, 3.63) is 23.8 Å². The van der Waals surface area contributed by atoms with Gasteiger partial charge in [-0.1, -0.05) is 19.9 Å². The number of aryl methyl sites for hydroxylation is 1. The molecule has 3 N–H and O–H groups in total. The molecule has 0 aromatic heterocycles. The highest BCUT2D eigenvalue weighted by atomic mass is 16.5. The Bertz CT molecular complexity index is 435. The van der Waals surface area contributed by atoms with E-state index in [-0.39, 0.29) is 6.61 Å². The first-order valence-electron chi connectivity index (χ1n) is 6.94. The van der Waals surface area contributed by atoms with Gasteiger partial charge in [0, 0.05) is 0 Å². The Morgan fingerprint density at radius 1 is 1.35 bits per heavy atom. The lowest BCUT2D eigenvalue weighted by atomic mass is 10.1. The van der Waals surface area contributed by atoms with Crippen LogP contribution in [0.15, 0.2) is 18.2 Å². The van der Waals surface area contributed by atoms with Crippen LogP contribution in [0.2, 0.25) is 0 Å². The molecular formula is C15H24N2O3. The summed E-state index contributed by atoms with van der Waals surface area (Å²) in [6.07, 6.45) is 1.86. The molecular weight excluding hydrogens is 256 g/mol. The summed E-state index contributed by atoms with van der Waals surface area (Å²) < 4.78 is 11.0. The summed E-state index contributed by atoms with van der Waals surface area (Å²) >= 11 is 0. The minimum atomic E-state index is -0.495. The number of carbonyl (C=O) groups is 1. The SMILES string of the molecule is CCCNC(COc1ccc(CC)cc1OC)C(N)=O.